The van der Waals surface area contributed by atoms with Crippen LogP contribution in [0.3, 0.4) is 0 Å². The second-order valence-corrected chi connectivity index (χ2v) is 4.79. The Morgan fingerprint density at radius 3 is 2.93 bits per heavy atom. The molecule has 1 aromatic heterocycles. The number of aryl methyl sites for hydroxylation is 1. The Kier molecular flexibility index (Phi) is 3.07. The molecule has 4 nitrogen and oxygen atoms in total. The molecule has 4 heteroatoms. The minimum absolute atomic E-state index is 0.335. The molecule has 0 aliphatic carbocycles. The topological polar surface area (TPSA) is 47.1 Å². The molecule has 0 bridgehead atoms. The molecule has 15 heavy (non-hydrogen) atoms. The van der Waals surface area contributed by atoms with Crippen molar-refractivity contribution in [2.24, 2.45) is 18.7 Å². The number of imidazole rings is 1. The van der Waals surface area contributed by atoms with Crippen LogP contribution in [0.1, 0.15) is 19.0 Å². The SMILES string of the molecule is CC1CC(N)CN(Cc2cncn2C)C1. The fourth-order valence-corrected chi connectivity index (χ4v) is 2.41. The van der Waals surface area contributed by atoms with Gasteiger partial charge >= 0.3 is 0 Å². The van der Waals surface area contributed by atoms with Crippen LogP contribution in [0.15, 0.2) is 12.5 Å². The van der Waals surface area contributed by atoms with Gasteiger partial charge in [-0.05, 0) is 12.3 Å². The number of hydrogen-bond acceptors (Lipinski definition) is 3. The first-order valence-electron chi connectivity index (χ1n) is 5.58. The van der Waals surface area contributed by atoms with E-state index in [1.54, 1.807) is 0 Å². The summed E-state index contributed by atoms with van der Waals surface area (Å²) in [7, 11) is 2.04. The Balaban J connectivity index is 1.97. The van der Waals surface area contributed by atoms with E-state index in [1.165, 1.54) is 5.69 Å². The largest absolute Gasteiger partial charge is 0.337 e. The molecule has 1 aromatic rings. The van der Waals surface area contributed by atoms with E-state index < -0.39 is 0 Å². The molecular weight excluding hydrogens is 188 g/mol. The van der Waals surface area contributed by atoms with Crippen LogP contribution < -0.4 is 5.73 Å². The first kappa shape index (κ1) is 10.6. The molecule has 0 amide bonds. The lowest BCUT2D eigenvalue weighted by molar-refractivity contribution is 0.155. The van der Waals surface area contributed by atoms with E-state index in [2.05, 4.69) is 21.4 Å². The highest BCUT2D eigenvalue weighted by Gasteiger charge is 2.22. The lowest BCUT2D eigenvalue weighted by Gasteiger charge is -2.34. The second kappa shape index (κ2) is 4.33. The van der Waals surface area contributed by atoms with Gasteiger partial charge in [0.2, 0.25) is 0 Å². The average molecular weight is 208 g/mol. The number of rotatable bonds is 2. The Morgan fingerprint density at radius 2 is 2.33 bits per heavy atom. The third-order valence-corrected chi connectivity index (χ3v) is 3.07. The zero-order valence-electron chi connectivity index (χ0n) is 9.56. The minimum atomic E-state index is 0.335. The average Bonchev–Trinajstić information content (AvgIpc) is 2.50. The second-order valence-electron chi connectivity index (χ2n) is 4.79. The Morgan fingerprint density at radius 1 is 1.53 bits per heavy atom. The van der Waals surface area contributed by atoms with Gasteiger partial charge in [-0.1, -0.05) is 6.92 Å². The highest BCUT2D eigenvalue weighted by atomic mass is 15.2. The zero-order valence-corrected chi connectivity index (χ0v) is 9.56. The van der Waals surface area contributed by atoms with Crippen LogP contribution in [0.4, 0.5) is 0 Å². The highest BCUT2D eigenvalue weighted by molar-refractivity contribution is 4.98. The smallest absolute Gasteiger partial charge is 0.0945 e. The Bertz CT molecular complexity index is 310. The van der Waals surface area contributed by atoms with Gasteiger partial charge in [-0.2, -0.15) is 0 Å². The molecule has 1 saturated heterocycles. The van der Waals surface area contributed by atoms with Crippen LogP contribution in [-0.2, 0) is 13.6 Å². The van der Waals surface area contributed by atoms with Crippen LogP contribution in [0.25, 0.3) is 0 Å². The standard InChI is InChI=1S/C11H20N4/c1-9-3-10(12)6-15(5-9)7-11-4-13-8-14(11)2/h4,8-10H,3,5-7,12H2,1-2H3. The maximum atomic E-state index is 6.02. The Hall–Kier alpha value is -0.870. The molecule has 2 N–H and O–H groups in total. The maximum Gasteiger partial charge on any atom is 0.0945 e. The third kappa shape index (κ3) is 2.58. The first-order chi connectivity index (χ1) is 7.15. The number of nitrogens with zero attached hydrogens (tertiary/aromatic N) is 3. The Labute approximate surface area is 91.1 Å². The predicted octanol–water partition coefficient (Wildman–Crippen LogP) is 0.589. The molecule has 2 heterocycles. The fourth-order valence-electron chi connectivity index (χ4n) is 2.41. The van der Waals surface area contributed by atoms with Crippen molar-refractivity contribution in [3.05, 3.63) is 18.2 Å². The summed E-state index contributed by atoms with van der Waals surface area (Å²) in [5.74, 6) is 0.710. The van der Waals surface area contributed by atoms with Gasteiger partial charge in [0, 0.05) is 38.9 Å². The van der Waals surface area contributed by atoms with Crippen molar-refractivity contribution in [3.63, 3.8) is 0 Å². The molecule has 1 aliphatic rings. The first-order valence-corrected chi connectivity index (χ1v) is 5.58. The van der Waals surface area contributed by atoms with Gasteiger partial charge in [0.25, 0.3) is 0 Å². The van der Waals surface area contributed by atoms with E-state index >= 15 is 0 Å². The molecule has 1 aliphatic heterocycles. The van der Waals surface area contributed by atoms with Gasteiger partial charge in [-0.25, -0.2) is 4.98 Å². The van der Waals surface area contributed by atoms with Gasteiger partial charge in [-0.3, -0.25) is 4.90 Å². The molecule has 1 fully saturated rings. The summed E-state index contributed by atoms with van der Waals surface area (Å²) in [4.78, 5) is 6.56. The zero-order chi connectivity index (χ0) is 10.8. The molecule has 0 saturated carbocycles. The van der Waals surface area contributed by atoms with E-state index in [0.29, 0.717) is 12.0 Å². The summed E-state index contributed by atoms with van der Waals surface area (Å²) in [6, 6.07) is 0.335. The van der Waals surface area contributed by atoms with Crippen LogP contribution in [-0.4, -0.2) is 33.6 Å². The van der Waals surface area contributed by atoms with E-state index in [1.807, 2.05) is 19.6 Å². The molecule has 2 atom stereocenters. The van der Waals surface area contributed by atoms with E-state index in [9.17, 15) is 0 Å². The molecule has 0 spiro atoms. The number of aromatic nitrogens is 2. The van der Waals surface area contributed by atoms with Crippen molar-refractivity contribution in [3.8, 4) is 0 Å². The summed E-state index contributed by atoms with van der Waals surface area (Å²) in [6.45, 7) is 5.40. The van der Waals surface area contributed by atoms with Gasteiger partial charge in [-0.15, -0.1) is 0 Å². The van der Waals surface area contributed by atoms with Gasteiger partial charge in [0.1, 0.15) is 0 Å². The third-order valence-electron chi connectivity index (χ3n) is 3.07. The van der Waals surface area contributed by atoms with Crippen molar-refractivity contribution >= 4 is 0 Å². The lowest BCUT2D eigenvalue weighted by Crippen LogP contribution is -2.45. The van der Waals surface area contributed by atoms with Gasteiger partial charge in [0.05, 0.1) is 12.0 Å². The number of nitrogens with two attached hydrogens (primary N) is 1. The molecule has 0 radical (unpaired) electrons. The summed E-state index contributed by atoms with van der Waals surface area (Å²) < 4.78 is 2.07. The quantitative estimate of drug-likeness (QED) is 0.774. The van der Waals surface area contributed by atoms with E-state index in [0.717, 1.165) is 26.1 Å². The minimum Gasteiger partial charge on any atom is -0.337 e. The molecule has 2 rings (SSSR count). The summed E-state index contributed by atoms with van der Waals surface area (Å²) in [6.07, 6.45) is 4.94. The summed E-state index contributed by atoms with van der Waals surface area (Å²) in [5, 5.41) is 0. The lowest BCUT2D eigenvalue weighted by atomic mass is 9.96. The van der Waals surface area contributed by atoms with E-state index in [-0.39, 0.29) is 0 Å². The van der Waals surface area contributed by atoms with Crippen molar-refractivity contribution in [2.75, 3.05) is 13.1 Å². The van der Waals surface area contributed by atoms with Crippen LogP contribution in [0.5, 0.6) is 0 Å². The van der Waals surface area contributed by atoms with Crippen molar-refractivity contribution in [2.45, 2.75) is 25.9 Å². The number of hydrogen-bond donors (Lipinski definition) is 1. The molecule has 84 valence electrons. The highest BCUT2D eigenvalue weighted by Crippen LogP contribution is 2.16. The number of piperidine rings is 1. The number of likely N-dealkylation sites (tertiary alicyclic amines) is 1. The van der Waals surface area contributed by atoms with Crippen molar-refractivity contribution < 1.29 is 0 Å². The van der Waals surface area contributed by atoms with Crippen molar-refractivity contribution in [1.82, 2.24) is 14.5 Å². The van der Waals surface area contributed by atoms with Crippen LogP contribution in [0.2, 0.25) is 0 Å². The van der Waals surface area contributed by atoms with Crippen molar-refractivity contribution in [1.29, 1.82) is 0 Å². The van der Waals surface area contributed by atoms with Gasteiger partial charge < -0.3 is 10.3 Å². The monoisotopic (exact) mass is 208 g/mol. The van der Waals surface area contributed by atoms with Crippen LogP contribution in [0, 0.1) is 5.92 Å². The van der Waals surface area contributed by atoms with Crippen LogP contribution >= 0.6 is 0 Å². The molecule has 2 unspecified atom stereocenters. The summed E-state index contributed by atoms with van der Waals surface area (Å²) >= 11 is 0. The summed E-state index contributed by atoms with van der Waals surface area (Å²) in [5.41, 5.74) is 7.28. The maximum absolute atomic E-state index is 6.02. The fraction of sp³-hybridized carbons (Fsp3) is 0.727. The predicted molar refractivity (Wildman–Crippen MR) is 60.2 cm³/mol. The normalized spacial score (nSPS) is 28.2. The molecular formula is C11H20N4. The van der Waals surface area contributed by atoms with E-state index in [4.69, 9.17) is 5.73 Å². The molecule has 0 aromatic carbocycles. The van der Waals surface area contributed by atoms with Gasteiger partial charge in [0.15, 0.2) is 0 Å².